The predicted molar refractivity (Wildman–Crippen MR) is 196 cm³/mol. The average Bonchev–Trinajstić information content (AvgIpc) is 3.11. The largest absolute Gasteiger partial charge is 0.462 e. The number of esters is 2. The Kier molecular flexibility index (Phi) is 28.7. The third-order valence-corrected chi connectivity index (χ3v) is 8.48. The molecular formula is C40H68O10. The fraction of sp³-hybridized carbons (Fsp3) is 0.750. The van der Waals surface area contributed by atoms with E-state index in [2.05, 4.69) is 62.5 Å². The zero-order valence-electron chi connectivity index (χ0n) is 30.9. The Hall–Kier alpha value is -2.34. The van der Waals surface area contributed by atoms with Crippen LogP contribution in [0.25, 0.3) is 0 Å². The van der Waals surface area contributed by atoms with Crippen molar-refractivity contribution in [1.29, 1.82) is 0 Å². The lowest BCUT2D eigenvalue weighted by molar-refractivity contribution is -0.305. The Morgan fingerprint density at radius 2 is 1.18 bits per heavy atom. The molecule has 1 heterocycles. The van der Waals surface area contributed by atoms with Crippen LogP contribution >= 0.6 is 0 Å². The summed E-state index contributed by atoms with van der Waals surface area (Å²) in [5.41, 5.74) is 0. The quantitative estimate of drug-likeness (QED) is 0.0351. The van der Waals surface area contributed by atoms with E-state index in [-0.39, 0.29) is 26.1 Å². The number of carbonyl (C=O) groups excluding carboxylic acids is 2. The molecule has 1 rings (SSSR count). The van der Waals surface area contributed by atoms with Crippen molar-refractivity contribution < 1.29 is 49.0 Å². The molecule has 6 unspecified atom stereocenters. The minimum Gasteiger partial charge on any atom is -0.462 e. The molecule has 0 radical (unpaired) electrons. The van der Waals surface area contributed by atoms with E-state index in [0.29, 0.717) is 6.42 Å². The van der Waals surface area contributed by atoms with Gasteiger partial charge in [0.05, 0.1) is 13.2 Å². The lowest BCUT2D eigenvalue weighted by Gasteiger charge is -2.39. The van der Waals surface area contributed by atoms with Crippen LogP contribution in [0.1, 0.15) is 136 Å². The fourth-order valence-corrected chi connectivity index (χ4v) is 5.41. The van der Waals surface area contributed by atoms with Crippen LogP contribution < -0.4 is 0 Å². The first-order valence-corrected chi connectivity index (χ1v) is 19.2. The summed E-state index contributed by atoms with van der Waals surface area (Å²) in [6.45, 7) is 3.22. The van der Waals surface area contributed by atoms with Gasteiger partial charge >= 0.3 is 11.9 Å². The van der Waals surface area contributed by atoms with E-state index in [1.54, 1.807) is 0 Å². The highest BCUT2D eigenvalue weighted by Gasteiger charge is 2.44. The molecule has 6 atom stereocenters. The SMILES string of the molecule is CC/C=C\C/C=C\C/C=C\C/C=C\CCCCCCC(=O)OC(COC(=O)CCCCCCCCCC)COC1OC(CO)C(O)C(O)C1O. The molecule has 50 heavy (non-hydrogen) atoms. The van der Waals surface area contributed by atoms with Crippen LogP contribution in [0.3, 0.4) is 0 Å². The summed E-state index contributed by atoms with van der Waals surface area (Å²) in [6.07, 6.45) is 27.1. The van der Waals surface area contributed by atoms with E-state index in [9.17, 15) is 30.0 Å². The summed E-state index contributed by atoms with van der Waals surface area (Å²) in [5, 5.41) is 39.8. The van der Waals surface area contributed by atoms with Crippen molar-refractivity contribution in [2.24, 2.45) is 0 Å². The molecule has 4 N–H and O–H groups in total. The molecule has 0 aromatic rings. The van der Waals surface area contributed by atoms with Crippen molar-refractivity contribution in [3.63, 3.8) is 0 Å². The van der Waals surface area contributed by atoms with E-state index in [4.69, 9.17) is 18.9 Å². The van der Waals surface area contributed by atoms with E-state index in [1.807, 2.05) is 0 Å². The van der Waals surface area contributed by atoms with Crippen molar-refractivity contribution in [3.8, 4) is 0 Å². The van der Waals surface area contributed by atoms with Gasteiger partial charge in [-0.2, -0.15) is 0 Å². The van der Waals surface area contributed by atoms with Gasteiger partial charge in [-0.25, -0.2) is 0 Å². The van der Waals surface area contributed by atoms with Gasteiger partial charge in [0.25, 0.3) is 0 Å². The summed E-state index contributed by atoms with van der Waals surface area (Å²) >= 11 is 0. The Balaban J connectivity index is 2.40. The lowest BCUT2D eigenvalue weighted by Crippen LogP contribution is -2.59. The van der Waals surface area contributed by atoms with Gasteiger partial charge in [-0.15, -0.1) is 0 Å². The highest BCUT2D eigenvalue weighted by atomic mass is 16.7. The van der Waals surface area contributed by atoms with Crippen LogP contribution in [0.2, 0.25) is 0 Å². The molecule has 1 saturated heterocycles. The van der Waals surface area contributed by atoms with Gasteiger partial charge in [0.1, 0.15) is 31.0 Å². The van der Waals surface area contributed by atoms with Crippen LogP contribution in [0, 0.1) is 0 Å². The van der Waals surface area contributed by atoms with Gasteiger partial charge in [-0.05, 0) is 51.4 Å². The number of carbonyl (C=O) groups is 2. The van der Waals surface area contributed by atoms with Crippen molar-refractivity contribution >= 4 is 11.9 Å². The summed E-state index contributed by atoms with van der Waals surface area (Å²) in [4.78, 5) is 25.1. The molecule has 1 aliphatic rings. The average molecular weight is 709 g/mol. The van der Waals surface area contributed by atoms with E-state index in [0.717, 1.165) is 77.0 Å². The Bertz CT molecular complexity index is 960. The summed E-state index contributed by atoms with van der Waals surface area (Å²) in [7, 11) is 0. The number of aliphatic hydroxyl groups is 4. The maximum atomic E-state index is 12.7. The molecule has 0 aromatic heterocycles. The van der Waals surface area contributed by atoms with Crippen molar-refractivity contribution in [1.82, 2.24) is 0 Å². The van der Waals surface area contributed by atoms with E-state index < -0.39 is 55.4 Å². The van der Waals surface area contributed by atoms with Crippen LogP contribution in [0.5, 0.6) is 0 Å². The van der Waals surface area contributed by atoms with Gasteiger partial charge in [0, 0.05) is 12.8 Å². The fourth-order valence-electron chi connectivity index (χ4n) is 5.41. The predicted octanol–water partition coefficient (Wildman–Crippen LogP) is 6.93. The standard InChI is InChI=1S/C40H68O10/c1-3-5-7-9-11-13-14-15-16-17-18-19-20-21-23-25-27-29-36(43)49-33(31-47-35(42)28-26-24-22-12-10-8-6-4-2)32-48-40-39(46)38(45)37(44)34(30-41)50-40/h5,7,11,13,15-16,18-19,33-34,37-41,44-46H,3-4,6,8-10,12,14,17,20-32H2,1-2H3/b7-5-,13-11-,16-15-,19-18-. The highest BCUT2D eigenvalue weighted by molar-refractivity contribution is 5.70. The molecule has 288 valence electrons. The zero-order valence-corrected chi connectivity index (χ0v) is 30.9. The highest BCUT2D eigenvalue weighted by Crippen LogP contribution is 2.22. The molecule has 1 aliphatic heterocycles. The monoisotopic (exact) mass is 708 g/mol. The summed E-state index contributed by atoms with van der Waals surface area (Å²) in [6, 6.07) is 0. The molecule has 1 fully saturated rings. The first-order chi connectivity index (χ1) is 24.3. The number of ether oxygens (including phenoxy) is 4. The molecule has 0 spiro atoms. The van der Waals surface area contributed by atoms with Gasteiger partial charge < -0.3 is 39.4 Å². The topological polar surface area (TPSA) is 152 Å². The first kappa shape index (κ1) is 45.7. The Morgan fingerprint density at radius 3 is 1.78 bits per heavy atom. The molecular weight excluding hydrogens is 640 g/mol. The summed E-state index contributed by atoms with van der Waals surface area (Å²) in [5.74, 6) is -0.844. The smallest absolute Gasteiger partial charge is 0.306 e. The van der Waals surface area contributed by atoms with Crippen LogP contribution in [0.4, 0.5) is 0 Å². The molecule has 0 bridgehead atoms. The maximum absolute atomic E-state index is 12.7. The second-order valence-electron chi connectivity index (χ2n) is 13.0. The zero-order chi connectivity index (χ0) is 36.7. The minimum atomic E-state index is -1.60. The molecule has 10 nitrogen and oxygen atoms in total. The molecule has 0 saturated carbocycles. The number of rotatable bonds is 30. The molecule has 0 amide bonds. The Morgan fingerprint density at radius 1 is 0.640 bits per heavy atom. The van der Waals surface area contributed by atoms with Gasteiger partial charge in [-0.1, -0.05) is 120 Å². The number of aliphatic hydroxyl groups excluding tert-OH is 4. The second kappa shape index (κ2) is 31.4. The third-order valence-electron chi connectivity index (χ3n) is 8.48. The third kappa shape index (κ3) is 23.2. The first-order valence-electron chi connectivity index (χ1n) is 19.2. The van der Waals surface area contributed by atoms with Gasteiger partial charge in [0.2, 0.25) is 0 Å². The van der Waals surface area contributed by atoms with Crippen LogP contribution in [0.15, 0.2) is 48.6 Å². The lowest BCUT2D eigenvalue weighted by atomic mass is 9.99. The summed E-state index contributed by atoms with van der Waals surface area (Å²) < 4.78 is 22.0. The second-order valence-corrected chi connectivity index (χ2v) is 13.0. The van der Waals surface area contributed by atoms with Crippen LogP contribution in [-0.4, -0.2) is 89.0 Å². The molecule has 0 aliphatic carbocycles. The number of allylic oxidation sites excluding steroid dienone is 8. The molecule has 10 heteroatoms. The van der Waals surface area contributed by atoms with Crippen molar-refractivity contribution in [2.45, 2.75) is 173 Å². The van der Waals surface area contributed by atoms with Gasteiger partial charge in [-0.3, -0.25) is 9.59 Å². The number of hydrogen-bond acceptors (Lipinski definition) is 10. The minimum absolute atomic E-state index is 0.201. The van der Waals surface area contributed by atoms with E-state index >= 15 is 0 Å². The van der Waals surface area contributed by atoms with Gasteiger partial charge in [0.15, 0.2) is 12.4 Å². The number of hydrogen-bond donors (Lipinski definition) is 4. The van der Waals surface area contributed by atoms with Crippen LogP contribution in [-0.2, 0) is 28.5 Å². The molecule has 0 aromatic carbocycles. The Labute approximate surface area is 301 Å². The maximum Gasteiger partial charge on any atom is 0.306 e. The van der Waals surface area contributed by atoms with E-state index in [1.165, 1.54) is 25.7 Å². The van der Waals surface area contributed by atoms with Crippen molar-refractivity contribution in [2.75, 3.05) is 19.8 Å². The number of unbranched alkanes of at least 4 members (excludes halogenated alkanes) is 11. The normalized spacial score (nSPS) is 21.9. The van der Waals surface area contributed by atoms with Crippen molar-refractivity contribution in [3.05, 3.63) is 48.6 Å².